The number of amides is 3. The van der Waals surface area contributed by atoms with Crippen LogP contribution in [0.5, 0.6) is 0 Å². The Hall–Kier alpha value is -2.87. The molecule has 144 valence electrons. The number of carbonyl (C=O) groups is 2. The van der Waals surface area contributed by atoms with Crippen molar-refractivity contribution in [3.05, 3.63) is 46.8 Å². The maximum absolute atomic E-state index is 12.7. The molecule has 0 aliphatic carbocycles. The highest BCUT2D eigenvalue weighted by molar-refractivity contribution is 5.94. The van der Waals surface area contributed by atoms with E-state index in [9.17, 15) is 9.59 Å². The normalized spacial score (nSPS) is 13.2. The van der Waals surface area contributed by atoms with Crippen molar-refractivity contribution in [3.63, 3.8) is 0 Å². The Balaban J connectivity index is 1.67. The summed E-state index contributed by atoms with van der Waals surface area (Å²) in [5.41, 5.74) is 4.29. The molecule has 0 radical (unpaired) electrons. The third-order valence-corrected chi connectivity index (χ3v) is 4.55. The number of hydrogen-bond acceptors (Lipinski definition) is 4. The van der Waals surface area contributed by atoms with E-state index in [-0.39, 0.29) is 18.0 Å². The van der Waals surface area contributed by atoms with Gasteiger partial charge in [0.2, 0.25) is 0 Å². The second-order valence-electron chi connectivity index (χ2n) is 6.82. The minimum atomic E-state index is -0.268. The fourth-order valence-corrected chi connectivity index (χ4v) is 3.15. The van der Waals surface area contributed by atoms with Crippen LogP contribution >= 0.6 is 0 Å². The van der Waals surface area contributed by atoms with Gasteiger partial charge in [-0.15, -0.1) is 0 Å². The summed E-state index contributed by atoms with van der Waals surface area (Å²) in [6.07, 6.45) is 0.883. The zero-order valence-corrected chi connectivity index (χ0v) is 15.9. The van der Waals surface area contributed by atoms with Crippen LogP contribution in [0.2, 0.25) is 0 Å². The Morgan fingerprint density at radius 3 is 2.67 bits per heavy atom. The summed E-state index contributed by atoms with van der Waals surface area (Å²) < 4.78 is 1.96. The summed E-state index contributed by atoms with van der Waals surface area (Å²) >= 11 is 0. The fourth-order valence-electron chi connectivity index (χ4n) is 3.15. The van der Waals surface area contributed by atoms with Gasteiger partial charge in [-0.2, -0.15) is 5.10 Å². The van der Waals surface area contributed by atoms with E-state index in [4.69, 9.17) is 0 Å². The smallest absolute Gasteiger partial charge is 0.318 e. The average molecular weight is 370 g/mol. The summed E-state index contributed by atoms with van der Waals surface area (Å²) in [6.45, 7) is 6.13. The third kappa shape index (κ3) is 4.28. The Morgan fingerprint density at radius 2 is 2.00 bits per heavy atom. The van der Waals surface area contributed by atoms with E-state index in [1.165, 1.54) is 0 Å². The van der Waals surface area contributed by atoms with Gasteiger partial charge in [0.1, 0.15) is 0 Å². The topological polar surface area (TPSA) is 100 Å². The second kappa shape index (κ2) is 8.22. The van der Waals surface area contributed by atoms with Crippen LogP contribution in [-0.4, -0.2) is 35.3 Å². The number of nitrogens with one attached hydrogen (secondary N) is 4. The molecule has 0 unspecified atom stereocenters. The Labute approximate surface area is 158 Å². The monoisotopic (exact) mass is 370 g/mol. The Bertz CT molecular complexity index is 825. The van der Waals surface area contributed by atoms with Crippen LogP contribution in [0.4, 0.5) is 10.5 Å². The van der Waals surface area contributed by atoms with Gasteiger partial charge in [-0.25, -0.2) is 4.79 Å². The van der Waals surface area contributed by atoms with Crippen molar-refractivity contribution in [3.8, 4) is 0 Å². The molecule has 2 aromatic rings. The molecule has 3 amide bonds. The number of rotatable bonds is 5. The van der Waals surface area contributed by atoms with Gasteiger partial charge in [-0.1, -0.05) is 12.1 Å². The summed E-state index contributed by atoms with van der Waals surface area (Å²) in [4.78, 5) is 24.0. The lowest BCUT2D eigenvalue weighted by Gasteiger charge is -2.17. The van der Waals surface area contributed by atoms with Crippen LogP contribution in [-0.2, 0) is 19.5 Å². The lowest BCUT2D eigenvalue weighted by molar-refractivity contribution is 0.0944. The average Bonchev–Trinajstić information content (AvgIpc) is 3.07. The minimum absolute atomic E-state index is 0.165. The predicted octanol–water partition coefficient (Wildman–Crippen LogP) is 1.79. The molecule has 27 heavy (non-hydrogen) atoms. The first-order valence-corrected chi connectivity index (χ1v) is 9.16. The molecule has 0 saturated heterocycles. The highest BCUT2D eigenvalue weighted by atomic mass is 16.2. The van der Waals surface area contributed by atoms with Crippen molar-refractivity contribution < 1.29 is 9.59 Å². The van der Waals surface area contributed by atoms with Gasteiger partial charge >= 0.3 is 6.03 Å². The van der Waals surface area contributed by atoms with Crippen LogP contribution in [0.1, 0.15) is 47.2 Å². The zero-order valence-electron chi connectivity index (χ0n) is 15.9. The molecule has 0 bridgehead atoms. The first-order valence-electron chi connectivity index (χ1n) is 9.16. The Kier molecular flexibility index (Phi) is 5.75. The quantitative estimate of drug-likeness (QED) is 0.645. The Morgan fingerprint density at radius 1 is 1.26 bits per heavy atom. The molecule has 2 heterocycles. The number of aromatic nitrogens is 2. The molecule has 4 N–H and O–H groups in total. The maximum atomic E-state index is 12.7. The molecule has 0 saturated carbocycles. The van der Waals surface area contributed by atoms with Crippen molar-refractivity contribution in [2.45, 2.75) is 39.4 Å². The number of nitrogens with zero attached hydrogens (tertiary/aromatic N) is 2. The van der Waals surface area contributed by atoms with Crippen molar-refractivity contribution in [2.75, 3.05) is 18.9 Å². The predicted molar refractivity (Wildman–Crippen MR) is 104 cm³/mol. The molecular weight excluding hydrogens is 344 g/mol. The van der Waals surface area contributed by atoms with E-state index in [1.807, 2.05) is 16.8 Å². The van der Waals surface area contributed by atoms with Crippen molar-refractivity contribution >= 4 is 17.6 Å². The van der Waals surface area contributed by atoms with Gasteiger partial charge in [0.15, 0.2) is 5.69 Å². The molecular formula is C19H26N6O2. The van der Waals surface area contributed by atoms with E-state index < -0.39 is 0 Å². The fraction of sp³-hybridized carbons (Fsp3) is 0.421. The molecule has 1 aliphatic heterocycles. The third-order valence-electron chi connectivity index (χ3n) is 4.55. The van der Waals surface area contributed by atoms with Crippen LogP contribution in [0, 0.1) is 0 Å². The first-order chi connectivity index (χ1) is 13.0. The minimum Gasteiger partial charge on any atom is -0.347 e. The first kappa shape index (κ1) is 18.9. The molecule has 1 aromatic carbocycles. The molecule has 0 spiro atoms. The standard InChI is InChI=1S/C19H26N6O2/c1-12(2)25-16-8-9-21-11-15(16)17(24-25)18(26)22-10-13-4-6-14(7-5-13)23-19(27)20-3/h4-7,12,21H,8-11H2,1-3H3,(H,22,26)(H2,20,23,27). The van der Waals surface area contributed by atoms with Crippen LogP contribution < -0.4 is 21.3 Å². The largest absolute Gasteiger partial charge is 0.347 e. The van der Waals surface area contributed by atoms with Crippen molar-refractivity contribution in [1.82, 2.24) is 25.7 Å². The number of anilines is 1. The van der Waals surface area contributed by atoms with Gasteiger partial charge in [0, 0.05) is 56.1 Å². The van der Waals surface area contributed by atoms with Gasteiger partial charge in [-0.05, 0) is 31.5 Å². The van der Waals surface area contributed by atoms with Crippen LogP contribution in [0.25, 0.3) is 0 Å². The maximum Gasteiger partial charge on any atom is 0.318 e. The lowest BCUT2D eigenvalue weighted by Crippen LogP contribution is -2.28. The molecule has 8 heteroatoms. The van der Waals surface area contributed by atoms with Crippen LogP contribution in [0.15, 0.2) is 24.3 Å². The lowest BCUT2D eigenvalue weighted by atomic mass is 10.1. The summed E-state index contributed by atoms with van der Waals surface area (Å²) in [5.74, 6) is -0.165. The van der Waals surface area contributed by atoms with Crippen molar-refractivity contribution in [1.29, 1.82) is 0 Å². The summed E-state index contributed by atoms with van der Waals surface area (Å²) in [5, 5.41) is 16.0. The highest BCUT2D eigenvalue weighted by Gasteiger charge is 2.25. The number of carbonyl (C=O) groups excluding carboxylic acids is 2. The summed E-state index contributed by atoms with van der Waals surface area (Å²) in [7, 11) is 1.56. The van der Waals surface area contributed by atoms with Crippen LogP contribution in [0.3, 0.4) is 0 Å². The highest BCUT2D eigenvalue weighted by Crippen LogP contribution is 2.22. The van der Waals surface area contributed by atoms with Gasteiger partial charge in [-0.3, -0.25) is 9.48 Å². The van der Waals surface area contributed by atoms with Gasteiger partial charge in [0.05, 0.1) is 0 Å². The zero-order chi connectivity index (χ0) is 19.4. The second-order valence-corrected chi connectivity index (χ2v) is 6.82. The molecule has 0 fully saturated rings. The van der Waals surface area contributed by atoms with E-state index in [0.717, 1.165) is 29.8 Å². The number of benzene rings is 1. The number of hydrogen-bond donors (Lipinski definition) is 4. The summed E-state index contributed by atoms with van der Waals surface area (Å²) in [6, 6.07) is 7.30. The van der Waals surface area contributed by atoms with E-state index >= 15 is 0 Å². The molecule has 0 atom stereocenters. The van der Waals surface area contributed by atoms with Gasteiger partial charge < -0.3 is 21.3 Å². The molecule has 1 aliphatic rings. The van der Waals surface area contributed by atoms with E-state index in [2.05, 4.69) is 40.2 Å². The number of urea groups is 1. The molecule has 8 nitrogen and oxygen atoms in total. The molecule has 3 rings (SSSR count). The van der Waals surface area contributed by atoms with E-state index in [0.29, 0.717) is 24.5 Å². The SMILES string of the molecule is CNC(=O)Nc1ccc(CNC(=O)c2nn(C(C)C)c3c2CNCC3)cc1. The molecule has 1 aromatic heterocycles. The van der Waals surface area contributed by atoms with Gasteiger partial charge in [0.25, 0.3) is 5.91 Å². The van der Waals surface area contributed by atoms with Crippen molar-refractivity contribution in [2.24, 2.45) is 0 Å². The number of fused-ring (bicyclic) bond motifs is 1. The van der Waals surface area contributed by atoms with E-state index in [1.54, 1.807) is 19.2 Å².